The molecule has 1 fully saturated rings. The van der Waals surface area contributed by atoms with Crippen LogP contribution in [0.25, 0.3) is 0 Å². The van der Waals surface area contributed by atoms with E-state index in [1.54, 1.807) is 6.92 Å². The Morgan fingerprint density at radius 3 is 2.95 bits per heavy atom. The van der Waals surface area contributed by atoms with Crippen molar-refractivity contribution in [2.75, 3.05) is 37.3 Å². The highest BCUT2D eigenvalue weighted by molar-refractivity contribution is 8.01. The van der Waals surface area contributed by atoms with E-state index in [4.69, 9.17) is 4.74 Å². The first-order valence-corrected chi connectivity index (χ1v) is 9.16. The third-order valence-corrected chi connectivity index (χ3v) is 4.89. The number of piperidine rings is 1. The highest BCUT2D eigenvalue weighted by Crippen LogP contribution is 2.25. The number of aromatic nitrogens is 2. The molecule has 0 aromatic carbocycles. The van der Waals surface area contributed by atoms with Gasteiger partial charge in [0.15, 0.2) is 4.34 Å². The highest BCUT2D eigenvalue weighted by Gasteiger charge is 2.09. The zero-order valence-electron chi connectivity index (χ0n) is 12.6. The molecule has 1 saturated heterocycles. The Kier molecular flexibility index (Phi) is 7.49. The molecule has 0 aliphatic carbocycles. The van der Waals surface area contributed by atoms with Crippen LogP contribution in [-0.4, -0.2) is 53.2 Å². The Morgan fingerprint density at radius 1 is 1.36 bits per heavy atom. The maximum atomic E-state index is 11.2. The van der Waals surface area contributed by atoms with E-state index in [1.807, 2.05) is 0 Å². The summed E-state index contributed by atoms with van der Waals surface area (Å²) in [6.07, 6.45) is 3.42. The van der Waals surface area contributed by atoms with Crippen molar-refractivity contribution in [3.63, 3.8) is 0 Å². The van der Waals surface area contributed by atoms with Gasteiger partial charge < -0.3 is 4.74 Å². The van der Waals surface area contributed by atoms with Gasteiger partial charge >= 0.3 is 6.09 Å². The van der Waals surface area contributed by atoms with Gasteiger partial charge in [-0.15, -0.1) is 10.2 Å². The highest BCUT2D eigenvalue weighted by atomic mass is 32.2. The lowest BCUT2D eigenvalue weighted by atomic mass is 10.1. The van der Waals surface area contributed by atoms with E-state index in [0.717, 1.165) is 10.9 Å². The Balaban J connectivity index is 1.66. The smallest absolute Gasteiger partial charge is 0.413 e. The quantitative estimate of drug-likeness (QED) is 0.505. The molecule has 6 nitrogen and oxygen atoms in total. The summed E-state index contributed by atoms with van der Waals surface area (Å²) >= 11 is 2.85. The molecule has 2 rings (SSSR count). The molecule has 1 aromatic rings. The standard InChI is InChI=1S/C14H20N4O2S2/c1-2-20-13(19)15-12-16-17-14(22-12)21-11-7-6-10-18-8-4-3-5-9-18/h2-5,8-11H2,1H3,(H,15,16,19). The van der Waals surface area contributed by atoms with E-state index in [0.29, 0.717) is 17.5 Å². The summed E-state index contributed by atoms with van der Waals surface area (Å²) in [5.41, 5.74) is 0. The van der Waals surface area contributed by atoms with Gasteiger partial charge in [-0.1, -0.05) is 41.4 Å². The van der Waals surface area contributed by atoms with Crippen LogP contribution in [0.2, 0.25) is 0 Å². The first-order chi connectivity index (χ1) is 10.8. The molecule has 120 valence electrons. The number of rotatable bonds is 5. The van der Waals surface area contributed by atoms with Crippen molar-refractivity contribution in [1.82, 2.24) is 15.1 Å². The summed E-state index contributed by atoms with van der Waals surface area (Å²) < 4.78 is 5.57. The molecule has 0 unspecified atom stereocenters. The summed E-state index contributed by atoms with van der Waals surface area (Å²) in [6.45, 7) is 5.27. The van der Waals surface area contributed by atoms with Gasteiger partial charge in [-0.05, 0) is 32.9 Å². The average Bonchev–Trinajstić information content (AvgIpc) is 2.95. The minimum absolute atomic E-state index is 0.332. The van der Waals surface area contributed by atoms with E-state index in [9.17, 15) is 4.79 Å². The summed E-state index contributed by atoms with van der Waals surface area (Å²) in [6, 6.07) is 0. The van der Waals surface area contributed by atoms with Crippen molar-refractivity contribution < 1.29 is 9.53 Å². The molecule has 22 heavy (non-hydrogen) atoms. The molecule has 2 heterocycles. The number of carbonyl (C=O) groups is 1. The van der Waals surface area contributed by atoms with E-state index in [1.165, 1.54) is 55.5 Å². The first-order valence-electron chi connectivity index (χ1n) is 7.36. The zero-order valence-corrected chi connectivity index (χ0v) is 14.3. The maximum Gasteiger partial charge on any atom is 0.413 e. The molecule has 1 aliphatic heterocycles. The summed E-state index contributed by atoms with van der Waals surface area (Å²) in [7, 11) is 0. The summed E-state index contributed by atoms with van der Waals surface area (Å²) in [5, 5.41) is 10.9. The molecule has 1 N–H and O–H groups in total. The van der Waals surface area contributed by atoms with Gasteiger partial charge in [0.05, 0.1) is 18.9 Å². The van der Waals surface area contributed by atoms with Crippen LogP contribution in [0.3, 0.4) is 0 Å². The van der Waals surface area contributed by atoms with Crippen molar-refractivity contribution in [2.24, 2.45) is 0 Å². The molecule has 0 radical (unpaired) electrons. The van der Waals surface area contributed by atoms with Crippen molar-refractivity contribution >= 4 is 34.3 Å². The van der Waals surface area contributed by atoms with Crippen molar-refractivity contribution in [3.05, 3.63) is 0 Å². The lowest BCUT2D eigenvalue weighted by molar-refractivity contribution is 0.168. The number of anilines is 1. The fourth-order valence-electron chi connectivity index (χ4n) is 2.01. The number of hydrogen-bond acceptors (Lipinski definition) is 7. The number of amides is 1. The van der Waals surface area contributed by atoms with Gasteiger partial charge in [-0.25, -0.2) is 4.79 Å². The average molecular weight is 340 g/mol. The second-order valence-corrected chi connectivity index (χ2v) is 6.90. The first kappa shape index (κ1) is 17.1. The van der Waals surface area contributed by atoms with Gasteiger partial charge in [0.2, 0.25) is 5.13 Å². The number of hydrogen-bond donors (Lipinski definition) is 1. The Labute approximate surface area is 139 Å². The van der Waals surface area contributed by atoms with E-state index in [2.05, 4.69) is 32.3 Å². The van der Waals surface area contributed by atoms with Crippen LogP contribution in [0.15, 0.2) is 4.34 Å². The molecule has 1 aliphatic rings. The van der Waals surface area contributed by atoms with Gasteiger partial charge in [0, 0.05) is 0 Å². The molecule has 0 spiro atoms. The number of thioether (sulfide) groups is 1. The summed E-state index contributed by atoms with van der Waals surface area (Å²) in [4.78, 5) is 13.6. The second-order valence-electron chi connectivity index (χ2n) is 4.70. The van der Waals surface area contributed by atoms with E-state index < -0.39 is 6.09 Å². The van der Waals surface area contributed by atoms with Gasteiger partial charge in [-0.3, -0.25) is 10.2 Å². The lowest BCUT2D eigenvalue weighted by Crippen LogP contribution is -2.29. The predicted molar refractivity (Wildman–Crippen MR) is 89.3 cm³/mol. The predicted octanol–water partition coefficient (Wildman–Crippen LogP) is 2.69. The van der Waals surface area contributed by atoms with Crippen LogP contribution in [0, 0.1) is 11.8 Å². The fourth-order valence-corrected chi connectivity index (χ4v) is 3.52. The maximum absolute atomic E-state index is 11.2. The third kappa shape index (κ3) is 6.22. The second kappa shape index (κ2) is 9.66. The summed E-state index contributed by atoms with van der Waals surface area (Å²) in [5.74, 6) is 7.03. The van der Waals surface area contributed by atoms with Crippen LogP contribution >= 0.6 is 23.1 Å². The van der Waals surface area contributed by atoms with Crippen molar-refractivity contribution in [2.45, 2.75) is 30.5 Å². The van der Waals surface area contributed by atoms with Gasteiger partial charge in [0.25, 0.3) is 0 Å². The number of ether oxygens (including phenoxy) is 1. The van der Waals surface area contributed by atoms with Gasteiger partial charge in [-0.2, -0.15) is 0 Å². The Bertz CT molecular complexity index is 532. The molecule has 8 heteroatoms. The number of carbonyl (C=O) groups excluding carboxylic acids is 1. The van der Waals surface area contributed by atoms with Crippen LogP contribution in [-0.2, 0) is 4.74 Å². The number of likely N-dealkylation sites (tertiary alicyclic amines) is 1. The Hall–Kier alpha value is -1.30. The topological polar surface area (TPSA) is 67.3 Å². The molecule has 0 saturated carbocycles. The zero-order chi connectivity index (χ0) is 15.6. The molecule has 1 aromatic heterocycles. The van der Waals surface area contributed by atoms with E-state index in [-0.39, 0.29) is 0 Å². The molecule has 0 atom stereocenters. The van der Waals surface area contributed by atoms with Crippen LogP contribution in [0.4, 0.5) is 9.93 Å². The molecular weight excluding hydrogens is 320 g/mol. The lowest BCUT2D eigenvalue weighted by Gasteiger charge is -2.23. The van der Waals surface area contributed by atoms with Crippen LogP contribution in [0.1, 0.15) is 26.2 Å². The third-order valence-electron chi connectivity index (χ3n) is 3.04. The van der Waals surface area contributed by atoms with Crippen molar-refractivity contribution in [3.8, 4) is 11.8 Å². The molecular formula is C14H20N4O2S2. The minimum Gasteiger partial charge on any atom is -0.450 e. The molecule has 1 amide bonds. The fraction of sp³-hybridized carbons (Fsp3) is 0.643. The minimum atomic E-state index is -0.503. The van der Waals surface area contributed by atoms with Crippen LogP contribution < -0.4 is 5.32 Å². The van der Waals surface area contributed by atoms with Crippen molar-refractivity contribution in [1.29, 1.82) is 0 Å². The number of nitrogens with zero attached hydrogens (tertiary/aromatic N) is 3. The SMILES string of the molecule is CCOC(=O)Nc1nnc(SCC#CCN2CCCCC2)s1. The van der Waals surface area contributed by atoms with Crippen LogP contribution in [0.5, 0.6) is 0 Å². The van der Waals surface area contributed by atoms with E-state index >= 15 is 0 Å². The monoisotopic (exact) mass is 340 g/mol. The largest absolute Gasteiger partial charge is 0.450 e. The normalized spacial score (nSPS) is 15.0. The molecule has 0 bridgehead atoms. The van der Waals surface area contributed by atoms with Gasteiger partial charge in [0.1, 0.15) is 0 Å². The number of nitrogens with one attached hydrogen (secondary N) is 1. The Morgan fingerprint density at radius 2 is 2.18 bits per heavy atom.